The van der Waals surface area contributed by atoms with Crippen LogP contribution in [0.25, 0.3) is 0 Å². The Labute approximate surface area is 409 Å². The van der Waals surface area contributed by atoms with Crippen LogP contribution < -0.4 is 68.6 Å². The van der Waals surface area contributed by atoms with Gasteiger partial charge in [0.1, 0.15) is 36.6 Å². The predicted molar refractivity (Wildman–Crippen MR) is 234 cm³/mol. The average Bonchev–Trinajstić information content (AvgIpc) is 3.18. The Morgan fingerprint density at radius 3 is 1.13 bits per heavy atom. The van der Waals surface area contributed by atoms with Crippen molar-refractivity contribution >= 4 is 20.2 Å². The van der Waals surface area contributed by atoms with E-state index in [1.165, 1.54) is 32.1 Å². The van der Waals surface area contributed by atoms with Gasteiger partial charge in [-0.1, -0.05) is 186 Å². The van der Waals surface area contributed by atoms with Gasteiger partial charge in [0.2, 0.25) is 0 Å². The van der Waals surface area contributed by atoms with Crippen molar-refractivity contribution in [1.82, 2.24) is 0 Å². The Morgan fingerprint density at radius 2 is 0.733 bits per heavy atom. The maximum atomic E-state index is 13.6. The van der Waals surface area contributed by atoms with Gasteiger partial charge in [-0.2, -0.15) is 0 Å². The first kappa shape index (κ1) is 57.1. The van der Waals surface area contributed by atoms with Crippen LogP contribution in [0.4, 0.5) is 0 Å². The van der Waals surface area contributed by atoms with E-state index in [4.69, 9.17) is 9.47 Å². The second-order valence-corrected chi connectivity index (χ2v) is 18.6. The first-order chi connectivity index (χ1) is 28.0. The molecule has 3 aromatic rings. The van der Waals surface area contributed by atoms with Gasteiger partial charge in [0, 0.05) is 5.56 Å². The molecule has 0 aliphatic heterocycles. The van der Waals surface area contributed by atoms with Crippen molar-refractivity contribution in [2.75, 3.05) is 0 Å². The van der Waals surface area contributed by atoms with Crippen molar-refractivity contribution in [2.24, 2.45) is 0 Å². The van der Waals surface area contributed by atoms with E-state index in [9.17, 15) is 25.9 Å². The quantitative estimate of drug-likeness (QED) is 0.0340. The molecule has 0 saturated heterocycles. The first-order valence-corrected chi connectivity index (χ1v) is 25.5. The monoisotopic (exact) mass is 886 g/mol. The number of hydrogen-bond donors (Lipinski definition) is 0. The average molecular weight is 887 g/mol. The van der Waals surface area contributed by atoms with E-state index in [2.05, 4.69) is 20.8 Å². The fourth-order valence-corrected chi connectivity index (χ4v) is 9.91. The van der Waals surface area contributed by atoms with E-state index in [1.807, 2.05) is 18.2 Å². The van der Waals surface area contributed by atoms with Crippen molar-refractivity contribution in [3.05, 3.63) is 71.3 Å². The minimum atomic E-state index is -5.34. The third kappa shape index (κ3) is 21.2. The van der Waals surface area contributed by atoms with Crippen LogP contribution in [0.1, 0.15) is 192 Å². The number of hydrogen-bond acceptors (Lipinski definition) is 8. The summed E-state index contributed by atoms with van der Waals surface area (Å²) in [5.41, 5.74) is 0.413. The summed E-state index contributed by atoms with van der Waals surface area (Å²) in [6.07, 6.45) is 24.4. The van der Waals surface area contributed by atoms with Gasteiger partial charge in [-0.05, 0) is 73.9 Å². The van der Waals surface area contributed by atoms with Gasteiger partial charge in [-0.25, -0.2) is 16.8 Å². The summed E-state index contributed by atoms with van der Waals surface area (Å²) in [6.45, 7) is 6.54. The van der Waals surface area contributed by atoms with Gasteiger partial charge in [-0.3, -0.25) is 0 Å². The van der Waals surface area contributed by atoms with E-state index >= 15 is 0 Å². The number of ether oxygens (including phenoxy) is 2. The fraction of sp³-hybridized carbons (Fsp3) is 0.625. The number of benzene rings is 3. The Balaban J connectivity index is 0.00000900. The van der Waals surface area contributed by atoms with Gasteiger partial charge in [0.15, 0.2) is 11.5 Å². The minimum absolute atomic E-state index is 0. The molecule has 326 valence electrons. The molecule has 0 aromatic heterocycles. The van der Waals surface area contributed by atoms with E-state index in [0.717, 1.165) is 96.3 Å². The summed E-state index contributed by atoms with van der Waals surface area (Å²) >= 11 is 0. The van der Waals surface area contributed by atoms with Gasteiger partial charge in [-0.15, -0.1) is 0 Å². The first-order valence-electron chi connectivity index (χ1n) is 22.6. The third-order valence-corrected chi connectivity index (χ3v) is 13.0. The van der Waals surface area contributed by atoms with Gasteiger partial charge < -0.3 is 18.6 Å². The normalized spacial score (nSPS) is 11.6. The summed E-state index contributed by atoms with van der Waals surface area (Å²) in [5, 5.41) is 0. The molecule has 0 heterocycles. The van der Waals surface area contributed by atoms with Crippen molar-refractivity contribution in [1.29, 1.82) is 0 Å². The summed E-state index contributed by atoms with van der Waals surface area (Å²) in [5.74, 6) is 0.851. The topological polar surface area (TPSA) is 133 Å². The molecule has 0 fully saturated rings. The Bertz CT molecular complexity index is 1820. The number of rotatable bonds is 33. The molecule has 0 atom stereocenters. The summed E-state index contributed by atoms with van der Waals surface area (Å²) in [6, 6.07) is 16.0. The third-order valence-electron chi connectivity index (χ3n) is 11.0. The summed E-state index contributed by atoms with van der Waals surface area (Å²) in [4.78, 5) is -1.25. The zero-order chi connectivity index (χ0) is 42.1. The summed E-state index contributed by atoms with van der Waals surface area (Å²) < 4.78 is 94.0. The van der Waals surface area contributed by atoms with Crippen molar-refractivity contribution in [2.45, 2.75) is 204 Å². The molecule has 60 heavy (non-hydrogen) atoms. The molecule has 0 radical (unpaired) electrons. The second-order valence-electron chi connectivity index (χ2n) is 16.0. The predicted octanol–water partition coefficient (Wildman–Crippen LogP) is 8.14. The van der Waals surface area contributed by atoms with Crippen LogP contribution in [-0.4, -0.2) is 25.9 Å². The SMILES string of the molecule is CCCCCCCCCCc1c(CCCCCCCCCC)c(S(=O)(=O)[O-])c(CCCCCCCCCC)c(S(=O)(=O)[O-])c1Oc1ccccc1Oc1ccccc1.[Na+].[Na+]. The van der Waals surface area contributed by atoms with Gasteiger partial charge in [0.05, 0.1) is 4.90 Å². The number of para-hydroxylation sites is 3. The van der Waals surface area contributed by atoms with Crippen LogP contribution in [0.2, 0.25) is 0 Å². The fourth-order valence-electron chi connectivity index (χ4n) is 7.91. The molecule has 0 saturated carbocycles. The standard InChI is InChI=1S/C48H74O8S2.2Na/c1-4-7-10-13-16-19-22-28-35-41-42(36-29-23-20-17-14-11-8-5-2)47(57(49,50)51)43(37-30-24-21-18-15-12-9-6-3)48(58(52,53)54)46(41)56-45-39-32-31-38-44(45)55-40-33-26-25-27-34-40;;/h25-27,31-34,38-39H,4-24,28-30,35-37H2,1-3H3,(H,49,50,51)(H,52,53,54);;/q;2*+1/p-2. The molecule has 3 aromatic carbocycles. The van der Waals surface area contributed by atoms with Crippen molar-refractivity contribution in [3.8, 4) is 23.0 Å². The van der Waals surface area contributed by atoms with Crippen LogP contribution in [-0.2, 0) is 39.5 Å². The minimum Gasteiger partial charge on any atom is -0.744 e. The molecule has 8 nitrogen and oxygen atoms in total. The van der Waals surface area contributed by atoms with Crippen LogP contribution in [0.3, 0.4) is 0 Å². The maximum absolute atomic E-state index is 13.6. The van der Waals surface area contributed by atoms with E-state index in [-0.39, 0.29) is 95.4 Å². The maximum Gasteiger partial charge on any atom is 1.00 e. The largest absolute Gasteiger partial charge is 1.00 e. The summed E-state index contributed by atoms with van der Waals surface area (Å²) in [7, 11) is -10.5. The van der Waals surface area contributed by atoms with Crippen LogP contribution in [0, 0.1) is 0 Å². The Hall–Kier alpha value is -0.920. The zero-order valence-corrected chi connectivity index (χ0v) is 43.5. The van der Waals surface area contributed by atoms with Crippen molar-refractivity contribution < 1.29 is 94.5 Å². The molecular weight excluding hydrogens is 815 g/mol. The van der Waals surface area contributed by atoms with Crippen LogP contribution in [0.5, 0.6) is 23.0 Å². The van der Waals surface area contributed by atoms with Gasteiger partial charge in [0.25, 0.3) is 0 Å². The van der Waals surface area contributed by atoms with E-state index in [1.54, 1.807) is 36.4 Å². The van der Waals surface area contributed by atoms with Gasteiger partial charge >= 0.3 is 59.1 Å². The van der Waals surface area contributed by atoms with Crippen molar-refractivity contribution in [3.63, 3.8) is 0 Å². The Kier molecular flexibility index (Phi) is 31.1. The molecule has 0 amide bonds. The molecule has 0 spiro atoms. The smallest absolute Gasteiger partial charge is 0.744 e. The molecular formula is C48H72Na2O8S2. The van der Waals surface area contributed by atoms with E-state index in [0.29, 0.717) is 48.3 Å². The van der Waals surface area contributed by atoms with Crippen LogP contribution >= 0.6 is 0 Å². The molecule has 0 aliphatic rings. The molecule has 0 bridgehead atoms. The molecule has 0 aliphatic carbocycles. The van der Waals surface area contributed by atoms with E-state index < -0.39 is 30.0 Å². The molecule has 12 heteroatoms. The number of unbranched alkanes of at least 4 members (excludes halogenated alkanes) is 21. The molecule has 3 rings (SSSR count). The molecule has 0 N–H and O–H groups in total. The van der Waals surface area contributed by atoms with Crippen LogP contribution in [0.15, 0.2) is 64.4 Å². The molecule has 0 unspecified atom stereocenters. The second kappa shape index (κ2) is 32.7. The Morgan fingerprint density at radius 1 is 0.400 bits per heavy atom. The zero-order valence-electron chi connectivity index (χ0n) is 37.9.